The lowest BCUT2D eigenvalue weighted by Gasteiger charge is -2.25. The number of carboxylic acids is 1. The molecule has 0 amide bonds. The van der Waals surface area contributed by atoms with E-state index in [0.29, 0.717) is 11.3 Å². The molecule has 4 rings (SSSR count). The SMILES string of the molecule is COc1ccc(F)c(-c2cnc(Oc3ccc(N4N=C(C(F)(F)F)[C@@H](C)C4CC(=O)O)cc3)nc2)c1. The smallest absolute Gasteiger partial charge is 0.431 e. The number of hydrogen-bond acceptors (Lipinski definition) is 7. The number of methoxy groups -OCH3 is 1. The molecule has 1 N–H and O–H groups in total. The van der Waals surface area contributed by atoms with E-state index in [1.54, 1.807) is 0 Å². The number of halogens is 4. The summed E-state index contributed by atoms with van der Waals surface area (Å²) in [5, 5.41) is 13.9. The average molecular weight is 504 g/mol. The standard InChI is InChI=1S/C24H20F4N4O4/c1-13-20(10-21(33)34)32(31-22(13)24(26,27)28)15-3-5-16(6-4-15)36-23-29-11-14(12-30-23)18-9-17(35-2)7-8-19(18)25/h3-9,11-13,20H,10H2,1-2H3,(H,33,34)/t13-,20?/m0/s1. The summed E-state index contributed by atoms with van der Waals surface area (Å²) in [6.07, 6.45) is -2.43. The van der Waals surface area contributed by atoms with Gasteiger partial charge in [-0.1, -0.05) is 6.92 Å². The van der Waals surface area contributed by atoms with E-state index in [4.69, 9.17) is 14.6 Å². The molecule has 1 aliphatic heterocycles. The number of hydrazone groups is 1. The Hall–Kier alpha value is -4.22. The number of rotatable bonds is 7. The molecule has 1 aliphatic rings. The molecule has 0 aliphatic carbocycles. The molecule has 36 heavy (non-hydrogen) atoms. The normalized spacial score (nSPS) is 17.6. The van der Waals surface area contributed by atoms with Crippen LogP contribution >= 0.6 is 0 Å². The number of carboxylic acid groups (broad SMARTS) is 1. The molecule has 0 spiro atoms. The number of nitrogens with zero attached hydrogens (tertiary/aromatic N) is 4. The molecule has 12 heteroatoms. The fourth-order valence-corrected chi connectivity index (χ4v) is 3.81. The van der Waals surface area contributed by atoms with Crippen molar-refractivity contribution in [3.05, 3.63) is 60.7 Å². The fraction of sp³-hybridized carbons (Fsp3) is 0.250. The van der Waals surface area contributed by atoms with Crippen molar-refractivity contribution in [3.63, 3.8) is 0 Å². The maximum atomic E-state index is 14.2. The highest BCUT2D eigenvalue weighted by Crippen LogP contribution is 2.37. The zero-order chi connectivity index (χ0) is 26.0. The van der Waals surface area contributed by atoms with Gasteiger partial charge in [-0.2, -0.15) is 18.3 Å². The molecular weight excluding hydrogens is 484 g/mol. The van der Waals surface area contributed by atoms with Crippen molar-refractivity contribution in [2.75, 3.05) is 12.1 Å². The number of hydrogen-bond donors (Lipinski definition) is 1. The van der Waals surface area contributed by atoms with E-state index < -0.39 is 42.1 Å². The van der Waals surface area contributed by atoms with Gasteiger partial charge in [0.2, 0.25) is 0 Å². The molecule has 1 aromatic heterocycles. The van der Waals surface area contributed by atoms with Gasteiger partial charge in [0, 0.05) is 29.4 Å². The Labute approximate surface area is 202 Å². The molecule has 0 saturated heterocycles. The van der Waals surface area contributed by atoms with Crippen molar-refractivity contribution in [2.24, 2.45) is 11.0 Å². The van der Waals surface area contributed by atoms with Gasteiger partial charge in [0.05, 0.1) is 25.3 Å². The second kappa shape index (κ2) is 9.80. The number of ether oxygens (including phenoxy) is 2. The van der Waals surface area contributed by atoms with Gasteiger partial charge in [0.25, 0.3) is 0 Å². The minimum Gasteiger partial charge on any atom is -0.497 e. The summed E-state index contributed by atoms with van der Waals surface area (Å²) in [6.45, 7) is 1.30. The third-order valence-electron chi connectivity index (χ3n) is 5.64. The van der Waals surface area contributed by atoms with Crippen LogP contribution in [0.15, 0.2) is 60.0 Å². The predicted octanol–water partition coefficient (Wildman–Crippen LogP) is 5.30. The number of aromatic nitrogens is 2. The lowest BCUT2D eigenvalue weighted by atomic mass is 9.94. The minimum atomic E-state index is -4.68. The van der Waals surface area contributed by atoms with Crippen LogP contribution in [-0.4, -0.2) is 46.1 Å². The lowest BCUT2D eigenvalue weighted by molar-refractivity contribution is -0.137. The second-order valence-electron chi connectivity index (χ2n) is 7.98. The van der Waals surface area contributed by atoms with Gasteiger partial charge >= 0.3 is 18.2 Å². The van der Waals surface area contributed by atoms with Crippen LogP contribution in [0.4, 0.5) is 23.2 Å². The highest BCUT2D eigenvalue weighted by Gasteiger charge is 2.48. The van der Waals surface area contributed by atoms with Gasteiger partial charge in [-0.05, 0) is 42.5 Å². The molecule has 3 aromatic rings. The molecule has 1 unspecified atom stereocenters. The zero-order valence-corrected chi connectivity index (χ0v) is 19.0. The van der Waals surface area contributed by atoms with E-state index in [0.717, 1.165) is 5.01 Å². The molecule has 188 valence electrons. The zero-order valence-electron chi connectivity index (χ0n) is 19.0. The molecule has 0 bridgehead atoms. The van der Waals surface area contributed by atoms with Gasteiger partial charge in [-0.25, -0.2) is 14.4 Å². The summed E-state index contributed by atoms with van der Waals surface area (Å²) in [6, 6.07) is 9.09. The topological polar surface area (TPSA) is 97.1 Å². The molecule has 2 aromatic carbocycles. The van der Waals surface area contributed by atoms with E-state index in [1.165, 1.54) is 68.9 Å². The highest BCUT2D eigenvalue weighted by molar-refractivity contribution is 5.96. The number of alkyl halides is 3. The van der Waals surface area contributed by atoms with Crippen molar-refractivity contribution < 1.29 is 36.9 Å². The molecular formula is C24H20F4N4O4. The third kappa shape index (κ3) is 5.21. The molecule has 2 atom stereocenters. The first-order valence-electron chi connectivity index (χ1n) is 10.7. The summed E-state index contributed by atoms with van der Waals surface area (Å²) in [7, 11) is 1.47. The van der Waals surface area contributed by atoms with Crippen LogP contribution in [0.1, 0.15) is 13.3 Å². The van der Waals surface area contributed by atoms with Crippen molar-refractivity contribution in [1.82, 2.24) is 9.97 Å². The van der Waals surface area contributed by atoms with Crippen LogP contribution < -0.4 is 14.5 Å². The van der Waals surface area contributed by atoms with E-state index >= 15 is 0 Å². The predicted molar refractivity (Wildman–Crippen MR) is 122 cm³/mol. The van der Waals surface area contributed by atoms with Crippen LogP contribution in [0.3, 0.4) is 0 Å². The van der Waals surface area contributed by atoms with E-state index in [2.05, 4.69) is 15.1 Å². The summed E-state index contributed by atoms with van der Waals surface area (Å²) < 4.78 is 64.9. The monoisotopic (exact) mass is 504 g/mol. The Morgan fingerprint density at radius 1 is 1.08 bits per heavy atom. The molecule has 8 nitrogen and oxygen atoms in total. The first-order chi connectivity index (χ1) is 17.1. The maximum Gasteiger partial charge on any atom is 0.431 e. The summed E-state index contributed by atoms with van der Waals surface area (Å²) in [5.41, 5.74) is -0.112. The average Bonchev–Trinajstić information content (AvgIpc) is 3.16. The molecule has 0 saturated carbocycles. The van der Waals surface area contributed by atoms with Crippen molar-refractivity contribution >= 4 is 17.4 Å². The van der Waals surface area contributed by atoms with Crippen LogP contribution in [0, 0.1) is 11.7 Å². The maximum absolute atomic E-state index is 14.2. The van der Waals surface area contributed by atoms with E-state index in [9.17, 15) is 22.4 Å². The van der Waals surface area contributed by atoms with Gasteiger partial charge < -0.3 is 14.6 Å². The highest BCUT2D eigenvalue weighted by atomic mass is 19.4. The number of anilines is 1. The Morgan fingerprint density at radius 3 is 2.31 bits per heavy atom. The van der Waals surface area contributed by atoms with Crippen molar-refractivity contribution in [2.45, 2.75) is 25.6 Å². The Bertz CT molecular complexity index is 1280. The van der Waals surface area contributed by atoms with Gasteiger partial charge in [0.15, 0.2) is 0 Å². The van der Waals surface area contributed by atoms with Crippen LogP contribution in [0.5, 0.6) is 17.5 Å². The lowest BCUT2D eigenvalue weighted by Crippen LogP contribution is -2.36. The van der Waals surface area contributed by atoms with Gasteiger partial charge in [-0.15, -0.1) is 0 Å². The third-order valence-corrected chi connectivity index (χ3v) is 5.64. The first-order valence-corrected chi connectivity index (χ1v) is 10.7. The fourth-order valence-electron chi connectivity index (χ4n) is 3.81. The van der Waals surface area contributed by atoms with E-state index in [1.807, 2.05) is 0 Å². The number of aliphatic carboxylic acids is 1. The van der Waals surface area contributed by atoms with Crippen molar-refractivity contribution in [1.29, 1.82) is 0 Å². The van der Waals surface area contributed by atoms with Crippen LogP contribution in [-0.2, 0) is 4.79 Å². The van der Waals surface area contributed by atoms with Crippen LogP contribution in [0.2, 0.25) is 0 Å². The van der Waals surface area contributed by atoms with Crippen LogP contribution in [0.25, 0.3) is 11.1 Å². The summed E-state index contributed by atoms with van der Waals surface area (Å²) in [4.78, 5) is 19.4. The summed E-state index contributed by atoms with van der Waals surface area (Å²) in [5.74, 6) is -2.08. The largest absolute Gasteiger partial charge is 0.497 e. The van der Waals surface area contributed by atoms with E-state index in [-0.39, 0.29) is 23.0 Å². The van der Waals surface area contributed by atoms with Gasteiger partial charge in [-0.3, -0.25) is 9.80 Å². The quantitative estimate of drug-likeness (QED) is 0.436. The molecule has 2 heterocycles. The second-order valence-corrected chi connectivity index (χ2v) is 7.98. The Kier molecular flexibility index (Phi) is 6.77. The number of benzene rings is 2. The Balaban J connectivity index is 1.51. The Morgan fingerprint density at radius 2 is 1.72 bits per heavy atom. The summed E-state index contributed by atoms with van der Waals surface area (Å²) >= 11 is 0. The first kappa shape index (κ1) is 24.9. The molecule has 0 fully saturated rings. The van der Waals surface area contributed by atoms with Crippen molar-refractivity contribution in [3.8, 4) is 28.6 Å². The van der Waals surface area contributed by atoms with Gasteiger partial charge in [0.1, 0.15) is 23.0 Å². The number of carbonyl (C=O) groups is 1. The molecule has 0 radical (unpaired) electrons. The minimum absolute atomic E-state index is 0.0364.